The van der Waals surface area contributed by atoms with Crippen LogP contribution in [0.1, 0.15) is 51.0 Å². The first-order chi connectivity index (χ1) is 11.9. The van der Waals surface area contributed by atoms with Crippen molar-refractivity contribution in [1.82, 2.24) is 10.3 Å². The van der Waals surface area contributed by atoms with Gasteiger partial charge >= 0.3 is 0 Å². The van der Waals surface area contributed by atoms with Gasteiger partial charge in [-0.1, -0.05) is 0 Å². The molecule has 1 atom stereocenters. The molecule has 0 saturated heterocycles. The molecule has 5 heteroatoms. The van der Waals surface area contributed by atoms with Gasteiger partial charge in [-0.25, -0.2) is 4.98 Å². The molecule has 134 valence electrons. The van der Waals surface area contributed by atoms with Crippen LogP contribution < -0.4 is 10.6 Å². The molecule has 1 aromatic rings. The van der Waals surface area contributed by atoms with Gasteiger partial charge in [0, 0.05) is 11.6 Å². The van der Waals surface area contributed by atoms with E-state index in [1.54, 1.807) is 13.1 Å². The van der Waals surface area contributed by atoms with Gasteiger partial charge in [-0.2, -0.15) is 0 Å². The first kappa shape index (κ1) is 16.6. The van der Waals surface area contributed by atoms with Crippen LogP contribution >= 0.6 is 0 Å². The second kappa shape index (κ2) is 6.11. The van der Waals surface area contributed by atoms with Crippen molar-refractivity contribution < 1.29 is 9.59 Å². The average Bonchev–Trinajstić information content (AvgIpc) is 2.53. The molecule has 1 heterocycles. The fourth-order valence-electron chi connectivity index (χ4n) is 5.64. The zero-order valence-corrected chi connectivity index (χ0v) is 15.0. The first-order valence-corrected chi connectivity index (χ1v) is 9.48. The van der Waals surface area contributed by atoms with E-state index < -0.39 is 6.04 Å². The van der Waals surface area contributed by atoms with Gasteiger partial charge in [0.15, 0.2) is 0 Å². The Morgan fingerprint density at radius 1 is 1.16 bits per heavy atom. The number of amides is 2. The topological polar surface area (TPSA) is 71.1 Å². The molecule has 0 aliphatic heterocycles. The molecular weight excluding hydrogens is 314 g/mol. The number of carbonyl (C=O) groups is 2. The second-order valence-electron chi connectivity index (χ2n) is 8.60. The van der Waals surface area contributed by atoms with E-state index in [9.17, 15) is 9.59 Å². The zero-order chi connectivity index (χ0) is 17.6. The molecule has 4 fully saturated rings. The molecule has 1 aromatic heterocycles. The minimum absolute atomic E-state index is 0.0893. The van der Waals surface area contributed by atoms with Gasteiger partial charge < -0.3 is 10.6 Å². The van der Waals surface area contributed by atoms with Crippen molar-refractivity contribution >= 4 is 17.6 Å². The van der Waals surface area contributed by atoms with Gasteiger partial charge in [-0.05, 0) is 87.8 Å². The highest BCUT2D eigenvalue weighted by atomic mass is 16.2. The van der Waals surface area contributed by atoms with Crippen molar-refractivity contribution in [3.05, 3.63) is 23.9 Å². The molecular formula is C20H27N3O2. The summed E-state index contributed by atoms with van der Waals surface area (Å²) < 4.78 is 0. The molecule has 4 saturated carbocycles. The molecule has 2 amide bonds. The van der Waals surface area contributed by atoms with Crippen molar-refractivity contribution in [2.75, 3.05) is 5.32 Å². The summed E-state index contributed by atoms with van der Waals surface area (Å²) in [4.78, 5) is 29.6. The number of nitrogens with one attached hydrogen (secondary N) is 2. The Morgan fingerprint density at radius 2 is 1.76 bits per heavy atom. The number of carbonyl (C=O) groups excluding carboxylic acids is 2. The van der Waals surface area contributed by atoms with Gasteiger partial charge in [-0.15, -0.1) is 0 Å². The van der Waals surface area contributed by atoms with E-state index in [1.165, 1.54) is 19.3 Å². The van der Waals surface area contributed by atoms with Crippen LogP contribution in [-0.4, -0.2) is 22.8 Å². The summed E-state index contributed by atoms with van der Waals surface area (Å²) in [5.41, 5.74) is 0.820. The van der Waals surface area contributed by atoms with Gasteiger partial charge in [0.25, 0.3) is 0 Å². The van der Waals surface area contributed by atoms with Crippen LogP contribution in [0.25, 0.3) is 0 Å². The third-order valence-electron chi connectivity index (χ3n) is 6.43. The smallest absolute Gasteiger partial charge is 0.247 e. The van der Waals surface area contributed by atoms with E-state index in [2.05, 4.69) is 15.6 Å². The maximum Gasteiger partial charge on any atom is 0.247 e. The van der Waals surface area contributed by atoms with Gasteiger partial charge in [0.2, 0.25) is 11.8 Å². The molecule has 0 spiro atoms. The predicted octanol–water partition coefficient (Wildman–Crippen LogP) is 3.05. The summed E-state index contributed by atoms with van der Waals surface area (Å²) >= 11 is 0. The van der Waals surface area contributed by atoms with Gasteiger partial charge in [-0.3, -0.25) is 9.59 Å². The lowest BCUT2D eigenvalue weighted by atomic mass is 9.49. The Balaban J connectivity index is 1.39. The molecule has 0 radical (unpaired) electrons. The molecule has 4 bridgehead atoms. The Kier molecular flexibility index (Phi) is 4.05. The van der Waals surface area contributed by atoms with Crippen LogP contribution in [0.4, 0.5) is 5.82 Å². The molecule has 25 heavy (non-hydrogen) atoms. The summed E-state index contributed by atoms with van der Waals surface area (Å²) in [5.74, 6) is 2.57. The summed E-state index contributed by atoms with van der Waals surface area (Å²) in [5, 5.41) is 5.79. The van der Waals surface area contributed by atoms with Crippen LogP contribution in [0.5, 0.6) is 0 Å². The monoisotopic (exact) mass is 341 g/mol. The summed E-state index contributed by atoms with van der Waals surface area (Å²) in [6, 6.07) is 3.15. The minimum atomic E-state index is -0.553. The predicted molar refractivity (Wildman–Crippen MR) is 95.8 cm³/mol. The minimum Gasteiger partial charge on any atom is -0.344 e. The summed E-state index contributed by atoms with van der Waals surface area (Å²) in [6.07, 6.45) is 8.63. The highest BCUT2D eigenvalue weighted by Gasteiger charge is 2.54. The highest BCUT2D eigenvalue weighted by molar-refractivity contribution is 5.97. The van der Waals surface area contributed by atoms with E-state index >= 15 is 0 Å². The lowest BCUT2D eigenvalue weighted by Crippen LogP contribution is -2.56. The van der Waals surface area contributed by atoms with E-state index in [1.807, 2.05) is 19.1 Å². The van der Waals surface area contributed by atoms with Crippen LogP contribution in [0, 0.1) is 30.1 Å². The summed E-state index contributed by atoms with van der Waals surface area (Å²) in [6.45, 7) is 3.71. The average molecular weight is 341 g/mol. The lowest BCUT2D eigenvalue weighted by molar-refractivity contribution is -0.147. The highest BCUT2D eigenvalue weighted by Crippen LogP contribution is 2.60. The Morgan fingerprint density at radius 3 is 2.32 bits per heavy atom. The van der Waals surface area contributed by atoms with Crippen LogP contribution in [0.3, 0.4) is 0 Å². The molecule has 5 rings (SSSR count). The first-order valence-electron chi connectivity index (χ1n) is 9.48. The van der Waals surface area contributed by atoms with Crippen LogP contribution in [0.2, 0.25) is 0 Å². The van der Waals surface area contributed by atoms with E-state index in [4.69, 9.17) is 0 Å². The van der Waals surface area contributed by atoms with Crippen LogP contribution in [-0.2, 0) is 9.59 Å². The van der Waals surface area contributed by atoms with E-state index in [0.717, 1.165) is 42.6 Å². The number of aryl methyl sites for hydroxylation is 1. The SMILES string of the molecule is Cc1ccnc(NC(=O)C(C)NC(=O)C23CC4CC(CC(C4)C2)C3)c1. The van der Waals surface area contributed by atoms with Gasteiger partial charge in [0.1, 0.15) is 11.9 Å². The standard InChI is InChI=1S/C20H27N3O2/c1-12-3-4-21-17(5-12)23-18(24)13(2)22-19(25)20-9-14-6-15(10-20)8-16(7-14)11-20/h3-5,13-16H,6-11H2,1-2H3,(H,22,25)(H,21,23,24). The number of nitrogens with zero attached hydrogens (tertiary/aromatic N) is 1. The maximum absolute atomic E-state index is 13.0. The van der Waals surface area contributed by atoms with E-state index in [0.29, 0.717) is 5.82 Å². The third kappa shape index (κ3) is 3.16. The molecule has 1 unspecified atom stereocenters. The fraction of sp³-hybridized carbons (Fsp3) is 0.650. The number of hydrogen-bond donors (Lipinski definition) is 2. The number of hydrogen-bond acceptors (Lipinski definition) is 3. The normalized spacial score (nSPS) is 33.8. The molecule has 5 nitrogen and oxygen atoms in total. The van der Waals surface area contributed by atoms with Crippen LogP contribution in [0.15, 0.2) is 18.3 Å². The number of aromatic nitrogens is 1. The number of anilines is 1. The Hall–Kier alpha value is -1.91. The van der Waals surface area contributed by atoms with Crippen molar-refractivity contribution in [2.24, 2.45) is 23.2 Å². The van der Waals surface area contributed by atoms with Crippen molar-refractivity contribution in [3.63, 3.8) is 0 Å². The van der Waals surface area contributed by atoms with Crippen molar-refractivity contribution in [2.45, 2.75) is 58.4 Å². The molecule has 4 aliphatic carbocycles. The summed E-state index contributed by atoms with van der Waals surface area (Å²) in [7, 11) is 0. The van der Waals surface area contributed by atoms with E-state index in [-0.39, 0.29) is 17.2 Å². The fourth-order valence-corrected chi connectivity index (χ4v) is 5.64. The molecule has 2 N–H and O–H groups in total. The Labute approximate surface area is 149 Å². The second-order valence-corrected chi connectivity index (χ2v) is 8.60. The maximum atomic E-state index is 13.0. The largest absolute Gasteiger partial charge is 0.344 e. The molecule has 4 aliphatic rings. The lowest BCUT2D eigenvalue weighted by Gasteiger charge is -2.55. The molecule has 0 aromatic carbocycles. The van der Waals surface area contributed by atoms with Gasteiger partial charge in [0.05, 0.1) is 0 Å². The van der Waals surface area contributed by atoms with Crippen molar-refractivity contribution in [1.29, 1.82) is 0 Å². The zero-order valence-electron chi connectivity index (χ0n) is 15.0. The Bertz CT molecular complexity index is 665. The van der Waals surface area contributed by atoms with Crippen molar-refractivity contribution in [3.8, 4) is 0 Å². The third-order valence-corrected chi connectivity index (χ3v) is 6.43. The quantitative estimate of drug-likeness (QED) is 0.884. The number of rotatable bonds is 4. The number of pyridine rings is 1.